The van der Waals surface area contributed by atoms with Crippen LogP contribution in [0.2, 0.25) is 0 Å². The van der Waals surface area contributed by atoms with E-state index in [1.807, 2.05) is 44.2 Å². The van der Waals surface area contributed by atoms with Crippen LogP contribution in [0.5, 0.6) is 0 Å². The zero-order valence-electron chi connectivity index (χ0n) is 10.9. The number of carboxylic acids is 1. The monoisotopic (exact) mass is 251 g/mol. The van der Waals surface area contributed by atoms with Crippen LogP contribution < -0.4 is 0 Å². The SMILES string of the molecule is CCC(C)N(CC(=O)O)CC(O)c1ccccc1. The summed E-state index contributed by atoms with van der Waals surface area (Å²) in [7, 11) is 0. The van der Waals surface area contributed by atoms with E-state index >= 15 is 0 Å². The van der Waals surface area contributed by atoms with Gasteiger partial charge in [0.25, 0.3) is 0 Å². The van der Waals surface area contributed by atoms with Crippen LogP contribution in [0.4, 0.5) is 0 Å². The summed E-state index contributed by atoms with van der Waals surface area (Å²) in [4.78, 5) is 12.6. The second kappa shape index (κ2) is 7.13. The van der Waals surface area contributed by atoms with E-state index in [2.05, 4.69) is 0 Å². The van der Waals surface area contributed by atoms with Gasteiger partial charge in [-0.2, -0.15) is 0 Å². The third-order valence-corrected chi connectivity index (χ3v) is 3.14. The molecule has 0 aliphatic carbocycles. The number of nitrogens with zero attached hydrogens (tertiary/aromatic N) is 1. The van der Waals surface area contributed by atoms with Gasteiger partial charge in [0.1, 0.15) is 0 Å². The fraction of sp³-hybridized carbons (Fsp3) is 0.500. The molecule has 0 saturated heterocycles. The average Bonchev–Trinajstić information content (AvgIpc) is 2.37. The van der Waals surface area contributed by atoms with E-state index in [9.17, 15) is 9.90 Å². The lowest BCUT2D eigenvalue weighted by atomic mass is 10.1. The first-order chi connectivity index (χ1) is 8.54. The summed E-state index contributed by atoms with van der Waals surface area (Å²) >= 11 is 0. The Hall–Kier alpha value is -1.39. The first-order valence-electron chi connectivity index (χ1n) is 6.23. The predicted octanol–water partition coefficient (Wildman–Crippen LogP) is 1.91. The van der Waals surface area contributed by atoms with Crippen molar-refractivity contribution in [3.63, 3.8) is 0 Å². The van der Waals surface area contributed by atoms with Crippen molar-refractivity contribution in [2.45, 2.75) is 32.4 Å². The Bertz CT molecular complexity index is 367. The van der Waals surface area contributed by atoms with Gasteiger partial charge in [-0.3, -0.25) is 9.69 Å². The minimum Gasteiger partial charge on any atom is -0.480 e. The Morgan fingerprint density at radius 1 is 1.33 bits per heavy atom. The summed E-state index contributed by atoms with van der Waals surface area (Å²) < 4.78 is 0. The summed E-state index contributed by atoms with van der Waals surface area (Å²) in [6, 6.07) is 9.45. The maximum Gasteiger partial charge on any atom is 0.317 e. The molecular weight excluding hydrogens is 230 g/mol. The summed E-state index contributed by atoms with van der Waals surface area (Å²) in [5, 5.41) is 19.0. The number of aliphatic hydroxyl groups excluding tert-OH is 1. The fourth-order valence-corrected chi connectivity index (χ4v) is 1.83. The minimum absolute atomic E-state index is 0.0428. The first kappa shape index (κ1) is 14.7. The Morgan fingerprint density at radius 2 is 1.94 bits per heavy atom. The summed E-state index contributed by atoms with van der Waals surface area (Å²) in [5.74, 6) is -0.865. The Labute approximate surface area is 108 Å². The molecule has 0 aliphatic rings. The van der Waals surface area contributed by atoms with Gasteiger partial charge in [-0.05, 0) is 18.9 Å². The van der Waals surface area contributed by atoms with Crippen LogP contribution in [0.1, 0.15) is 31.9 Å². The van der Waals surface area contributed by atoms with Gasteiger partial charge in [-0.25, -0.2) is 0 Å². The molecule has 0 aliphatic heterocycles. The van der Waals surface area contributed by atoms with Crippen molar-refractivity contribution in [1.82, 2.24) is 4.90 Å². The highest BCUT2D eigenvalue weighted by Gasteiger charge is 2.19. The molecule has 0 amide bonds. The predicted molar refractivity (Wildman–Crippen MR) is 70.4 cm³/mol. The highest BCUT2D eigenvalue weighted by molar-refractivity contribution is 5.69. The second-order valence-corrected chi connectivity index (χ2v) is 4.51. The van der Waals surface area contributed by atoms with Gasteiger partial charge in [-0.1, -0.05) is 37.3 Å². The summed E-state index contributed by atoms with van der Waals surface area (Å²) in [6.07, 6.45) is 0.203. The molecule has 1 rings (SSSR count). The van der Waals surface area contributed by atoms with Gasteiger partial charge in [0.05, 0.1) is 12.6 Å². The molecule has 2 N–H and O–H groups in total. The van der Waals surface area contributed by atoms with E-state index in [4.69, 9.17) is 5.11 Å². The molecule has 18 heavy (non-hydrogen) atoms. The van der Waals surface area contributed by atoms with Crippen LogP contribution in [0, 0.1) is 0 Å². The Morgan fingerprint density at radius 3 is 2.44 bits per heavy atom. The average molecular weight is 251 g/mol. The number of aliphatic hydroxyl groups is 1. The molecular formula is C14H21NO3. The number of carboxylic acid groups (broad SMARTS) is 1. The maximum absolute atomic E-state index is 10.8. The molecule has 0 fully saturated rings. The molecule has 2 unspecified atom stereocenters. The van der Waals surface area contributed by atoms with Gasteiger partial charge in [0.15, 0.2) is 0 Å². The number of rotatable bonds is 7. The molecule has 0 spiro atoms. The molecule has 0 bridgehead atoms. The fourth-order valence-electron chi connectivity index (χ4n) is 1.83. The van der Waals surface area contributed by atoms with E-state index in [0.717, 1.165) is 12.0 Å². The molecule has 4 heteroatoms. The van der Waals surface area contributed by atoms with Crippen LogP contribution >= 0.6 is 0 Å². The minimum atomic E-state index is -0.865. The van der Waals surface area contributed by atoms with Gasteiger partial charge < -0.3 is 10.2 Å². The molecule has 0 saturated carbocycles. The van der Waals surface area contributed by atoms with Crippen LogP contribution in [0.15, 0.2) is 30.3 Å². The van der Waals surface area contributed by atoms with Crippen molar-refractivity contribution in [3.05, 3.63) is 35.9 Å². The van der Waals surface area contributed by atoms with Gasteiger partial charge in [0.2, 0.25) is 0 Å². The molecule has 0 aromatic heterocycles. The Kier molecular flexibility index (Phi) is 5.82. The van der Waals surface area contributed by atoms with Crippen molar-refractivity contribution in [2.75, 3.05) is 13.1 Å². The summed E-state index contributed by atoms with van der Waals surface area (Å²) in [6.45, 7) is 4.28. The molecule has 0 radical (unpaired) electrons. The zero-order chi connectivity index (χ0) is 13.5. The topological polar surface area (TPSA) is 60.8 Å². The number of aliphatic carboxylic acids is 1. The molecule has 4 nitrogen and oxygen atoms in total. The molecule has 0 heterocycles. The van der Waals surface area contributed by atoms with Crippen molar-refractivity contribution in [3.8, 4) is 0 Å². The van der Waals surface area contributed by atoms with E-state index in [-0.39, 0.29) is 12.6 Å². The normalized spacial score (nSPS) is 14.4. The van der Waals surface area contributed by atoms with Crippen LogP contribution in [-0.4, -0.2) is 40.2 Å². The lowest BCUT2D eigenvalue weighted by Crippen LogP contribution is -2.39. The van der Waals surface area contributed by atoms with E-state index < -0.39 is 12.1 Å². The van der Waals surface area contributed by atoms with E-state index in [0.29, 0.717) is 6.54 Å². The largest absolute Gasteiger partial charge is 0.480 e. The highest BCUT2D eigenvalue weighted by atomic mass is 16.4. The van der Waals surface area contributed by atoms with Gasteiger partial charge >= 0.3 is 5.97 Å². The number of carbonyl (C=O) groups is 1. The quantitative estimate of drug-likeness (QED) is 0.777. The molecule has 1 aromatic carbocycles. The lowest BCUT2D eigenvalue weighted by molar-refractivity contribution is -0.139. The lowest BCUT2D eigenvalue weighted by Gasteiger charge is -2.28. The smallest absolute Gasteiger partial charge is 0.317 e. The third-order valence-electron chi connectivity index (χ3n) is 3.14. The number of hydrogen-bond donors (Lipinski definition) is 2. The number of hydrogen-bond acceptors (Lipinski definition) is 3. The zero-order valence-corrected chi connectivity index (χ0v) is 10.9. The molecule has 1 aromatic rings. The molecule has 2 atom stereocenters. The molecule has 100 valence electrons. The van der Waals surface area contributed by atoms with E-state index in [1.165, 1.54) is 0 Å². The second-order valence-electron chi connectivity index (χ2n) is 4.51. The van der Waals surface area contributed by atoms with Gasteiger partial charge in [-0.15, -0.1) is 0 Å². The van der Waals surface area contributed by atoms with Crippen molar-refractivity contribution < 1.29 is 15.0 Å². The van der Waals surface area contributed by atoms with Crippen molar-refractivity contribution >= 4 is 5.97 Å². The standard InChI is InChI=1S/C14H21NO3/c1-3-11(2)15(10-14(17)18)9-13(16)12-7-5-4-6-8-12/h4-8,11,13,16H,3,9-10H2,1-2H3,(H,17,18). The van der Waals surface area contributed by atoms with Gasteiger partial charge in [0, 0.05) is 12.6 Å². The summed E-state index contributed by atoms with van der Waals surface area (Å²) in [5.41, 5.74) is 0.816. The Balaban J connectivity index is 2.68. The van der Waals surface area contributed by atoms with Crippen LogP contribution in [0.3, 0.4) is 0 Å². The van der Waals surface area contributed by atoms with Crippen molar-refractivity contribution in [1.29, 1.82) is 0 Å². The van der Waals surface area contributed by atoms with Crippen molar-refractivity contribution in [2.24, 2.45) is 0 Å². The van der Waals surface area contributed by atoms with Crippen LogP contribution in [-0.2, 0) is 4.79 Å². The maximum atomic E-state index is 10.8. The highest BCUT2D eigenvalue weighted by Crippen LogP contribution is 2.15. The van der Waals surface area contributed by atoms with Crippen LogP contribution in [0.25, 0.3) is 0 Å². The third kappa shape index (κ3) is 4.47. The first-order valence-corrected chi connectivity index (χ1v) is 6.23. The van der Waals surface area contributed by atoms with E-state index in [1.54, 1.807) is 4.90 Å². The number of benzene rings is 1.